The number of aryl methyl sites for hydroxylation is 1. The number of nitrogens with zero attached hydrogens (tertiary/aromatic N) is 1. The zero-order valence-corrected chi connectivity index (χ0v) is 16.3. The van der Waals surface area contributed by atoms with Gasteiger partial charge >= 0.3 is 0 Å². The molecule has 1 N–H and O–H groups in total. The van der Waals surface area contributed by atoms with Crippen LogP contribution in [-0.4, -0.2) is 24.1 Å². The van der Waals surface area contributed by atoms with Crippen molar-refractivity contribution in [1.82, 2.24) is 10.3 Å². The Balaban J connectivity index is 1.53. The summed E-state index contributed by atoms with van der Waals surface area (Å²) in [6, 6.07) is 11.8. The summed E-state index contributed by atoms with van der Waals surface area (Å²) in [4.78, 5) is 17.6. The topological polar surface area (TPSA) is 60.5 Å². The predicted molar refractivity (Wildman–Crippen MR) is 106 cm³/mol. The number of benzene rings is 2. The fourth-order valence-corrected chi connectivity index (χ4v) is 4.03. The van der Waals surface area contributed by atoms with Crippen molar-refractivity contribution in [2.45, 2.75) is 19.9 Å². The minimum Gasteiger partial charge on any atom is -0.486 e. The van der Waals surface area contributed by atoms with E-state index in [0.717, 1.165) is 5.56 Å². The molecule has 2 heterocycles. The average molecular weight is 398 g/mol. The molecule has 7 heteroatoms. The average Bonchev–Trinajstić information content (AvgIpc) is 3.09. The fourth-order valence-electron chi connectivity index (χ4n) is 3.03. The first kappa shape index (κ1) is 18.4. The summed E-state index contributed by atoms with van der Waals surface area (Å²) in [5.74, 6) is 0.801. The van der Waals surface area contributed by atoms with E-state index in [2.05, 4.69) is 10.3 Å². The zero-order valence-electron chi connectivity index (χ0n) is 15.5. The zero-order chi connectivity index (χ0) is 19.7. The van der Waals surface area contributed by atoms with Gasteiger partial charge in [-0.3, -0.25) is 4.79 Å². The van der Waals surface area contributed by atoms with Gasteiger partial charge < -0.3 is 14.8 Å². The molecule has 2 aromatic carbocycles. The second-order valence-electron chi connectivity index (χ2n) is 6.51. The quantitative estimate of drug-likeness (QED) is 0.702. The number of ether oxygens (including phenoxy) is 2. The highest BCUT2D eigenvalue weighted by Gasteiger charge is 2.21. The van der Waals surface area contributed by atoms with Crippen LogP contribution in [0.4, 0.5) is 4.39 Å². The lowest BCUT2D eigenvalue weighted by Crippen LogP contribution is -2.26. The summed E-state index contributed by atoms with van der Waals surface area (Å²) in [5, 5.41) is 3.47. The molecule has 0 spiro atoms. The maximum absolute atomic E-state index is 14.0. The van der Waals surface area contributed by atoms with E-state index >= 15 is 0 Å². The SMILES string of the molecule is Cc1nc(-c2ccccc2F)sc1C(=O)N[C@@H](C)c1ccc2c(c1)OCCO2. The summed E-state index contributed by atoms with van der Waals surface area (Å²) in [6.07, 6.45) is 0. The fraction of sp³-hybridized carbons (Fsp3) is 0.238. The standard InChI is InChI=1S/C21H19FN2O3S/c1-12(14-7-8-17-18(11-14)27-10-9-26-17)23-20(25)19-13(2)24-21(28-19)15-5-3-4-6-16(15)22/h3-8,11-12H,9-10H2,1-2H3,(H,23,25)/t12-/m0/s1. The van der Waals surface area contributed by atoms with Crippen molar-refractivity contribution in [2.75, 3.05) is 13.2 Å². The molecule has 1 aromatic heterocycles. The highest BCUT2D eigenvalue weighted by molar-refractivity contribution is 7.17. The molecule has 0 saturated heterocycles. The van der Waals surface area contributed by atoms with Gasteiger partial charge in [-0.25, -0.2) is 9.37 Å². The molecule has 0 radical (unpaired) electrons. The van der Waals surface area contributed by atoms with Gasteiger partial charge in [-0.2, -0.15) is 0 Å². The molecule has 1 atom stereocenters. The molecule has 1 aliphatic heterocycles. The van der Waals surface area contributed by atoms with Gasteiger partial charge in [0.15, 0.2) is 11.5 Å². The van der Waals surface area contributed by atoms with E-state index in [9.17, 15) is 9.18 Å². The number of carbonyl (C=O) groups is 1. The smallest absolute Gasteiger partial charge is 0.263 e. The van der Waals surface area contributed by atoms with Crippen LogP contribution in [0.3, 0.4) is 0 Å². The van der Waals surface area contributed by atoms with Gasteiger partial charge in [0.05, 0.1) is 11.7 Å². The Bertz CT molecular complexity index is 1030. The molecule has 0 bridgehead atoms. The van der Waals surface area contributed by atoms with E-state index in [1.165, 1.54) is 17.4 Å². The van der Waals surface area contributed by atoms with Gasteiger partial charge in [0.2, 0.25) is 0 Å². The molecule has 3 aromatic rings. The van der Waals surface area contributed by atoms with E-state index in [1.807, 2.05) is 25.1 Å². The minimum absolute atomic E-state index is 0.235. The number of carbonyl (C=O) groups excluding carboxylic acids is 1. The maximum atomic E-state index is 14.0. The Kier molecular flexibility index (Phi) is 5.00. The van der Waals surface area contributed by atoms with E-state index in [0.29, 0.717) is 45.9 Å². The molecule has 1 amide bonds. The number of thiazole rings is 1. The molecule has 4 rings (SSSR count). The monoisotopic (exact) mass is 398 g/mol. The Hall–Kier alpha value is -2.93. The van der Waals surface area contributed by atoms with Crippen LogP contribution in [0.25, 0.3) is 10.6 Å². The van der Waals surface area contributed by atoms with Crippen molar-refractivity contribution in [3.63, 3.8) is 0 Å². The Morgan fingerprint density at radius 3 is 2.71 bits per heavy atom. The molecule has 1 aliphatic rings. The van der Waals surface area contributed by atoms with E-state index in [-0.39, 0.29) is 17.8 Å². The van der Waals surface area contributed by atoms with Crippen LogP contribution < -0.4 is 14.8 Å². The lowest BCUT2D eigenvalue weighted by atomic mass is 10.1. The molecule has 28 heavy (non-hydrogen) atoms. The number of hydrogen-bond acceptors (Lipinski definition) is 5. The predicted octanol–water partition coefficient (Wildman–Crippen LogP) is 4.52. The molecule has 5 nitrogen and oxygen atoms in total. The molecular weight excluding hydrogens is 379 g/mol. The molecule has 144 valence electrons. The number of fused-ring (bicyclic) bond motifs is 1. The molecule has 0 fully saturated rings. The van der Waals surface area contributed by atoms with Crippen LogP contribution in [0.2, 0.25) is 0 Å². The number of nitrogens with one attached hydrogen (secondary N) is 1. The largest absolute Gasteiger partial charge is 0.486 e. The van der Waals surface area contributed by atoms with Crippen molar-refractivity contribution in [3.05, 3.63) is 64.4 Å². The summed E-state index contributed by atoms with van der Waals surface area (Å²) >= 11 is 1.19. The minimum atomic E-state index is -0.354. The first-order chi connectivity index (χ1) is 13.5. The third kappa shape index (κ3) is 3.57. The third-order valence-corrected chi connectivity index (χ3v) is 5.71. The number of halogens is 1. The van der Waals surface area contributed by atoms with Crippen molar-refractivity contribution >= 4 is 17.2 Å². The summed E-state index contributed by atoms with van der Waals surface area (Å²) in [6.45, 7) is 4.70. The van der Waals surface area contributed by atoms with Gasteiger partial charge in [0.25, 0.3) is 5.91 Å². The maximum Gasteiger partial charge on any atom is 0.263 e. The first-order valence-electron chi connectivity index (χ1n) is 8.95. The van der Waals surface area contributed by atoms with Crippen LogP contribution in [0, 0.1) is 12.7 Å². The van der Waals surface area contributed by atoms with Crippen LogP contribution in [-0.2, 0) is 0 Å². The number of rotatable bonds is 4. The number of amides is 1. The van der Waals surface area contributed by atoms with Crippen molar-refractivity contribution in [3.8, 4) is 22.1 Å². The molecule has 0 saturated carbocycles. The van der Waals surface area contributed by atoms with E-state index in [1.54, 1.807) is 25.1 Å². The second-order valence-corrected chi connectivity index (χ2v) is 7.51. The van der Waals surface area contributed by atoms with Gasteiger partial charge in [0, 0.05) is 5.56 Å². The van der Waals surface area contributed by atoms with Gasteiger partial charge in [-0.05, 0) is 43.7 Å². The Labute approximate surface area is 166 Å². The highest BCUT2D eigenvalue weighted by atomic mass is 32.1. The Morgan fingerprint density at radius 2 is 1.93 bits per heavy atom. The van der Waals surface area contributed by atoms with Gasteiger partial charge in [-0.15, -0.1) is 11.3 Å². The van der Waals surface area contributed by atoms with Crippen molar-refractivity contribution in [1.29, 1.82) is 0 Å². The molecule has 0 aliphatic carbocycles. The molecular formula is C21H19FN2O3S. The summed E-state index contributed by atoms with van der Waals surface area (Å²) in [7, 11) is 0. The summed E-state index contributed by atoms with van der Waals surface area (Å²) < 4.78 is 25.2. The first-order valence-corrected chi connectivity index (χ1v) is 9.77. The lowest BCUT2D eigenvalue weighted by Gasteiger charge is -2.21. The number of aromatic nitrogens is 1. The van der Waals surface area contributed by atoms with Crippen LogP contribution >= 0.6 is 11.3 Å². The highest BCUT2D eigenvalue weighted by Crippen LogP contribution is 2.33. The van der Waals surface area contributed by atoms with Gasteiger partial charge in [0.1, 0.15) is 28.9 Å². The second kappa shape index (κ2) is 7.59. The lowest BCUT2D eigenvalue weighted by molar-refractivity contribution is 0.0943. The Morgan fingerprint density at radius 1 is 1.18 bits per heavy atom. The number of hydrogen-bond donors (Lipinski definition) is 1. The van der Waals surface area contributed by atoms with Crippen molar-refractivity contribution < 1.29 is 18.7 Å². The summed E-state index contributed by atoms with van der Waals surface area (Å²) in [5.41, 5.74) is 1.89. The normalized spacial score (nSPS) is 13.8. The van der Waals surface area contributed by atoms with Gasteiger partial charge in [-0.1, -0.05) is 18.2 Å². The molecule has 0 unspecified atom stereocenters. The van der Waals surface area contributed by atoms with E-state index in [4.69, 9.17) is 9.47 Å². The third-order valence-electron chi connectivity index (χ3n) is 4.52. The van der Waals surface area contributed by atoms with Crippen molar-refractivity contribution in [2.24, 2.45) is 0 Å². The van der Waals surface area contributed by atoms with E-state index < -0.39 is 0 Å². The van der Waals surface area contributed by atoms with Crippen LogP contribution in [0.15, 0.2) is 42.5 Å². The van der Waals surface area contributed by atoms with Crippen LogP contribution in [0.1, 0.15) is 33.9 Å². The van der Waals surface area contributed by atoms with Crippen LogP contribution in [0.5, 0.6) is 11.5 Å².